The zero-order valence-electron chi connectivity index (χ0n) is 14.3. The van der Waals surface area contributed by atoms with Crippen LogP contribution in [0.1, 0.15) is 19.4 Å². The van der Waals surface area contributed by atoms with E-state index in [-0.39, 0.29) is 18.0 Å². The Labute approximate surface area is 151 Å². The topological polar surface area (TPSA) is 90.9 Å². The summed E-state index contributed by atoms with van der Waals surface area (Å²) in [5.41, 5.74) is 0.924. The molecule has 0 fully saturated rings. The monoisotopic (exact) mass is 354 g/mol. The second-order valence-electron chi connectivity index (χ2n) is 4.92. The molecule has 0 aliphatic rings. The van der Waals surface area contributed by atoms with Gasteiger partial charge in [0.1, 0.15) is 29.4 Å². The quantitative estimate of drug-likeness (QED) is 0.322. The van der Waals surface area contributed by atoms with Crippen LogP contribution in [0.15, 0.2) is 46.9 Å². The number of allylic oxidation sites excluding steroid dienone is 3. The number of thioether (sulfide) groups is 1. The molecule has 0 saturated carbocycles. The van der Waals surface area contributed by atoms with E-state index in [2.05, 4.69) is 0 Å². The second kappa shape index (κ2) is 10.1. The van der Waals surface area contributed by atoms with Crippen molar-refractivity contribution in [2.75, 3.05) is 12.9 Å². The van der Waals surface area contributed by atoms with Crippen LogP contribution < -0.4 is 0 Å². The Morgan fingerprint density at radius 2 is 1.84 bits per heavy atom. The highest BCUT2D eigenvalue weighted by molar-refractivity contribution is 8.02. The third-order valence-electron chi connectivity index (χ3n) is 3.31. The molecule has 1 atom stereocenters. The summed E-state index contributed by atoms with van der Waals surface area (Å²) in [6.07, 6.45) is 3.27. The average Bonchev–Trinajstić information content (AvgIpc) is 2.61. The molecular formula is C19H18N2O3S. The minimum Gasteiger partial charge on any atom is -0.465 e. The highest BCUT2D eigenvalue weighted by atomic mass is 32.2. The maximum atomic E-state index is 12.2. The van der Waals surface area contributed by atoms with Crippen molar-refractivity contribution in [3.05, 3.63) is 52.4 Å². The van der Waals surface area contributed by atoms with Crippen molar-refractivity contribution in [2.45, 2.75) is 13.8 Å². The van der Waals surface area contributed by atoms with E-state index in [1.54, 1.807) is 43.5 Å². The number of hydrogen-bond donors (Lipinski definition) is 0. The molecule has 0 radical (unpaired) electrons. The van der Waals surface area contributed by atoms with Crippen molar-refractivity contribution in [2.24, 2.45) is 5.92 Å². The number of nitriles is 2. The maximum Gasteiger partial charge on any atom is 0.321 e. The highest BCUT2D eigenvalue weighted by Gasteiger charge is 2.29. The summed E-state index contributed by atoms with van der Waals surface area (Å²) in [7, 11) is 0. The van der Waals surface area contributed by atoms with Gasteiger partial charge in [-0.05, 0) is 31.7 Å². The van der Waals surface area contributed by atoms with Crippen LogP contribution in [0.25, 0.3) is 5.57 Å². The van der Waals surface area contributed by atoms with Gasteiger partial charge in [0.05, 0.1) is 6.61 Å². The van der Waals surface area contributed by atoms with E-state index in [0.29, 0.717) is 16.0 Å². The van der Waals surface area contributed by atoms with Crippen LogP contribution in [0.4, 0.5) is 0 Å². The fourth-order valence-electron chi connectivity index (χ4n) is 2.17. The molecule has 1 aromatic rings. The Morgan fingerprint density at radius 1 is 1.24 bits per heavy atom. The van der Waals surface area contributed by atoms with Gasteiger partial charge in [0.15, 0.2) is 0 Å². The maximum absolute atomic E-state index is 12.2. The normalized spacial score (nSPS) is 11.6. The Bertz CT molecular complexity index is 767. The molecule has 0 amide bonds. The van der Waals surface area contributed by atoms with E-state index in [0.717, 1.165) is 0 Å². The van der Waals surface area contributed by atoms with Gasteiger partial charge >= 0.3 is 5.97 Å². The molecule has 1 unspecified atom stereocenters. The lowest BCUT2D eigenvalue weighted by Gasteiger charge is -2.16. The fourth-order valence-corrected chi connectivity index (χ4v) is 2.91. The van der Waals surface area contributed by atoms with Crippen molar-refractivity contribution < 1.29 is 14.3 Å². The Hall–Kier alpha value is -2.83. The molecule has 0 saturated heterocycles. The van der Waals surface area contributed by atoms with Crippen molar-refractivity contribution >= 4 is 29.1 Å². The lowest BCUT2D eigenvalue weighted by Crippen LogP contribution is -2.25. The summed E-state index contributed by atoms with van der Waals surface area (Å²) in [5, 5.41) is 18.5. The zero-order chi connectivity index (χ0) is 18.8. The summed E-state index contributed by atoms with van der Waals surface area (Å²) < 4.78 is 4.99. The second-order valence-corrected chi connectivity index (χ2v) is 5.80. The lowest BCUT2D eigenvalue weighted by molar-refractivity contribution is -0.149. The van der Waals surface area contributed by atoms with Crippen molar-refractivity contribution in [3.8, 4) is 12.1 Å². The number of ketones is 1. The minimum atomic E-state index is -1.08. The van der Waals surface area contributed by atoms with Crippen molar-refractivity contribution in [3.63, 3.8) is 0 Å². The third kappa shape index (κ3) is 5.34. The summed E-state index contributed by atoms with van der Waals surface area (Å²) in [6, 6.07) is 12.6. The molecular weight excluding hydrogens is 336 g/mol. The molecule has 6 heteroatoms. The Balaban J connectivity index is 3.56. The van der Waals surface area contributed by atoms with E-state index in [4.69, 9.17) is 4.74 Å². The number of carbonyl (C=O) groups is 2. The Kier molecular flexibility index (Phi) is 8.18. The molecule has 1 rings (SSSR count). The van der Waals surface area contributed by atoms with E-state index in [9.17, 15) is 20.1 Å². The summed E-state index contributed by atoms with van der Waals surface area (Å²) >= 11 is 1.21. The molecule has 0 heterocycles. The number of Topliss-reactive ketones (excluding diaryl/α,β-unsaturated/α-hetero) is 1. The summed E-state index contributed by atoms with van der Waals surface area (Å²) in [6.45, 7) is 3.14. The summed E-state index contributed by atoms with van der Waals surface area (Å²) in [5.74, 6) is -2.08. The first-order chi connectivity index (χ1) is 12.0. The van der Waals surface area contributed by atoms with Gasteiger partial charge in [-0.1, -0.05) is 30.3 Å². The molecule has 0 aliphatic carbocycles. The number of rotatable bonds is 7. The Morgan fingerprint density at radius 3 is 2.28 bits per heavy atom. The van der Waals surface area contributed by atoms with Crippen LogP contribution in [0.5, 0.6) is 0 Å². The number of esters is 1. The van der Waals surface area contributed by atoms with Gasteiger partial charge in [0.2, 0.25) is 0 Å². The molecule has 5 nitrogen and oxygen atoms in total. The molecule has 25 heavy (non-hydrogen) atoms. The van der Waals surface area contributed by atoms with Crippen LogP contribution in [-0.2, 0) is 14.3 Å². The summed E-state index contributed by atoms with van der Waals surface area (Å²) in [4.78, 5) is 24.6. The van der Waals surface area contributed by atoms with Crippen LogP contribution in [0.2, 0.25) is 0 Å². The largest absolute Gasteiger partial charge is 0.465 e. The predicted octanol–water partition coefficient (Wildman–Crippen LogP) is 3.50. The van der Waals surface area contributed by atoms with Gasteiger partial charge in [-0.15, -0.1) is 11.8 Å². The first kappa shape index (κ1) is 20.2. The number of hydrogen-bond acceptors (Lipinski definition) is 6. The van der Waals surface area contributed by atoms with Gasteiger partial charge in [-0.2, -0.15) is 10.5 Å². The standard InChI is InChI=1S/C19H18N2O3S/c1-4-24-19(23)18(13(2)22)17(25-3)10-16(15(11-20)12-21)14-8-6-5-7-9-14/h5-10,18H,4H2,1-3H3. The van der Waals surface area contributed by atoms with Gasteiger partial charge in [0.25, 0.3) is 0 Å². The third-order valence-corrected chi connectivity index (χ3v) is 4.14. The van der Waals surface area contributed by atoms with Gasteiger partial charge < -0.3 is 4.74 Å². The van der Waals surface area contributed by atoms with E-state index < -0.39 is 11.9 Å². The van der Waals surface area contributed by atoms with Crippen LogP contribution in [0.3, 0.4) is 0 Å². The fraction of sp³-hybridized carbons (Fsp3) is 0.263. The average molecular weight is 354 g/mol. The van der Waals surface area contributed by atoms with E-state index >= 15 is 0 Å². The van der Waals surface area contributed by atoms with Crippen molar-refractivity contribution in [1.29, 1.82) is 10.5 Å². The molecule has 1 aromatic carbocycles. The molecule has 0 aromatic heterocycles. The van der Waals surface area contributed by atoms with Crippen molar-refractivity contribution in [1.82, 2.24) is 0 Å². The lowest BCUT2D eigenvalue weighted by atomic mass is 9.97. The molecule has 0 spiro atoms. The molecule has 0 aliphatic heterocycles. The number of benzene rings is 1. The number of nitrogens with zero attached hydrogens (tertiary/aromatic N) is 2. The first-order valence-electron chi connectivity index (χ1n) is 7.52. The molecule has 0 bridgehead atoms. The van der Waals surface area contributed by atoms with Gasteiger partial charge in [-0.3, -0.25) is 9.59 Å². The highest BCUT2D eigenvalue weighted by Crippen LogP contribution is 2.30. The van der Waals surface area contributed by atoms with Gasteiger partial charge in [0, 0.05) is 10.5 Å². The van der Waals surface area contributed by atoms with Crippen LogP contribution >= 0.6 is 11.8 Å². The van der Waals surface area contributed by atoms with Crippen LogP contribution in [0, 0.1) is 28.6 Å². The van der Waals surface area contributed by atoms with E-state index in [1.165, 1.54) is 18.7 Å². The molecule has 0 N–H and O–H groups in total. The zero-order valence-corrected chi connectivity index (χ0v) is 15.1. The number of carbonyl (C=O) groups excluding carboxylic acids is 2. The minimum absolute atomic E-state index is 0.0936. The van der Waals surface area contributed by atoms with Gasteiger partial charge in [-0.25, -0.2) is 0 Å². The first-order valence-corrected chi connectivity index (χ1v) is 8.75. The molecule has 128 valence electrons. The predicted molar refractivity (Wildman–Crippen MR) is 97.0 cm³/mol. The SMILES string of the molecule is CCOC(=O)C(C(C)=O)C(=CC(=C(C#N)C#N)c1ccccc1)SC. The van der Waals surface area contributed by atoms with Crippen LogP contribution in [-0.4, -0.2) is 24.6 Å². The number of ether oxygens (including phenoxy) is 1. The van der Waals surface area contributed by atoms with E-state index in [1.807, 2.05) is 18.2 Å². The smallest absolute Gasteiger partial charge is 0.321 e.